The lowest BCUT2D eigenvalue weighted by molar-refractivity contribution is 0.504. The van der Waals surface area contributed by atoms with Crippen LogP contribution in [-0.2, 0) is 0 Å². The van der Waals surface area contributed by atoms with E-state index in [0.717, 1.165) is 0 Å². The van der Waals surface area contributed by atoms with E-state index in [-0.39, 0.29) is 10.9 Å². The Morgan fingerprint density at radius 3 is 2.46 bits per heavy atom. The minimum absolute atomic E-state index is 0.0800. The Morgan fingerprint density at radius 2 is 1.77 bits per heavy atom. The molecule has 0 saturated carbocycles. The van der Waals surface area contributed by atoms with Gasteiger partial charge in [0.25, 0.3) is 0 Å². The van der Waals surface area contributed by atoms with Crippen molar-refractivity contribution in [1.82, 2.24) is 4.98 Å². The van der Waals surface area contributed by atoms with E-state index in [1.54, 1.807) is 6.92 Å². The van der Waals surface area contributed by atoms with Crippen molar-refractivity contribution in [3.63, 3.8) is 0 Å². The van der Waals surface area contributed by atoms with Gasteiger partial charge in [-0.3, -0.25) is 0 Å². The molecule has 0 bridgehead atoms. The number of benzene rings is 1. The Balaban J connectivity index is 2.95. The van der Waals surface area contributed by atoms with Crippen LogP contribution in [-0.4, -0.2) is 4.98 Å². The van der Waals surface area contributed by atoms with Crippen molar-refractivity contribution in [1.29, 1.82) is 0 Å². The van der Waals surface area contributed by atoms with Crippen molar-refractivity contribution in [2.75, 3.05) is 0 Å². The highest BCUT2D eigenvalue weighted by atomic mass is 19.2. The summed E-state index contributed by atoms with van der Waals surface area (Å²) in [5.41, 5.74) is 0.480. The summed E-state index contributed by atoms with van der Waals surface area (Å²) in [7, 11) is 0. The molecule has 1 aromatic heterocycles. The SMILES string of the molecule is Cc1cc2c(F)cc(F)c(F)c2[nH]1. The number of halogens is 3. The molecule has 0 saturated heterocycles. The molecule has 0 aliphatic rings. The molecule has 1 N–H and O–H groups in total. The molecule has 2 rings (SSSR count). The number of aromatic nitrogens is 1. The molecule has 2 aromatic rings. The normalized spacial score (nSPS) is 11.1. The lowest BCUT2D eigenvalue weighted by atomic mass is 10.2. The summed E-state index contributed by atoms with van der Waals surface area (Å²) < 4.78 is 38.7. The maximum atomic E-state index is 13.0. The average molecular weight is 185 g/mol. The lowest BCUT2D eigenvalue weighted by Gasteiger charge is -1.95. The summed E-state index contributed by atoms with van der Waals surface area (Å²) in [6.07, 6.45) is 0. The smallest absolute Gasteiger partial charge is 0.183 e. The molecular formula is C9H6F3N. The van der Waals surface area contributed by atoms with Crippen LogP contribution >= 0.6 is 0 Å². The van der Waals surface area contributed by atoms with Crippen LogP contribution in [0.5, 0.6) is 0 Å². The first-order chi connectivity index (χ1) is 6.09. The van der Waals surface area contributed by atoms with Crippen LogP contribution in [0.25, 0.3) is 10.9 Å². The monoisotopic (exact) mass is 185 g/mol. The van der Waals surface area contributed by atoms with Gasteiger partial charge in [0.05, 0.1) is 5.52 Å². The van der Waals surface area contributed by atoms with Crippen LogP contribution in [0.4, 0.5) is 13.2 Å². The maximum Gasteiger partial charge on any atom is 0.183 e. The zero-order valence-corrected chi connectivity index (χ0v) is 6.79. The van der Waals surface area contributed by atoms with Crippen LogP contribution in [0.1, 0.15) is 5.69 Å². The maximum absolute atomic E-state index is 13.0. The predicted molar refractivity (Wildman–Crippen MR) is 42.9 cm³/mol. The fourth-order valence-electron chi connectivity index (χ4n) is 1.32. The molecule has 1 nitrogen and oxygen atoms in total. The molecule has 0 fully saturated rings. The number of H-pyrrole nitrogens is 1. The molecule has 0 unspecified atom stereocenters. The number of fused-ring (bicyclic) bond motifs is 1. The fraction of sp³-hybridized carbons (Fsp3) is 0.111. The van der Waals surface area contributed by atoms with E-state index >= 15 is 0 Å². The van der Waals surface area contributed by atoms with Gasteiger partial charge in [0, 0.05) is 17.1 Å². The van der Waals surface area contributed by atoms with E-state index in [0.29, 0.717) is 11.8 Å². The third-order valence-corrected chi connectivity index (χ3v) is 1.89. The van der Waals surface area contributed by atoms with E-state index in [9.17, 15) is 13.2 Å². The standard InChI is InChI=1S/C9H6F3N/c1-4-2-5-6(10)3-7(11)8(12)9(5)13-4/h2-3,13H,1H3. The first kappa shape index (κ1) is 8.16. The van der Waals surface area contributed by atoms with Gasteiger partial charge in [-0.15, -0.1) is 0 Å². The molecule has 0 amide bonds. The first-order valence-corrected chi connectivity index (χ1v) is 3.72. The average Bonchev–Trinajstić information content (AvgIpc) is 2.44. The number of aryl methyl sites for hydroxylation is 1. The minimum atomic E-state index is -1.17. The molecule has 68 valence electrons. The fourth-order valence-corrected chi connectivity index (χ4v) is 1.32. The second-order valence-electron chi connectivity index (χ2n) is 2.90. The third-order valence-electron chi connectivity index (χ3n) is 1.89. The molecular weight excluding hydrogens is 179 g/mol. The summed E-state index contributed by atoms with van der Waals surface area (Å²) in [6.45, 7) is 1.65. The van der Waals surface area contributed by atoms with Crippen LogP contribution < -0.4 is 0 Å². The zero-order chi connectivity index (χ0) is 9.59. The molecule has 0 aliphatic carbocycles. The minimum Gasteiger partial charge on any atom is -0.356 e. The summed E-state index contributed by atoms with van der Waals surface area (Å²) in [5.74, 6) is -2.96. The highest BCUT2D eigenvalue weighted by Crippen LogP contribution is 2.23. The third kappa shape index (κ3) is 1.09. The molecule has 0 aliphatic heterocycles. The van der Waals surface area contributed by atoms with Gasteiger partial charge in [0.15, 0.2) is 11.6 Å². The van der Waals surface area contributed by atoms with Gasteiger partial charge in [-0.1, -0.05) is 0 Å². The summed E-state index contributed by atoms with van der Waals surface area (Å²) in [5, 5.41) is 0.0800. The molecule has 1 heterocycles. The topological polar surface area (TPSA) is 15.8 Å². The summed E-state index contributed by atoms with van der Waals surface area (Å²) in [4.78, 5) is 2.55. The van der Waals surface area contributed by atoms with Gasteiger partial charge in [-0.05, 0) is 13.0 Å². The molecule has 0 radical (unpaired) electrons. The highest BCUT2D eigenvalue weighted by Gasteiger charge is 2.13. The second kappa shape index (κ2) is 2.52. The quantitative estimate of drug-likeness (QED) is 0.607. The molecule has 0 spiro atoms. The Labute approximate surface area is 72.2 Å². The largest absolute Gasteiger partial charge is 0.356 e. The predicted octanol–water partition coefficient (Wildman–Crippen LogP) is 2.89. The molecule has 0 atom stereocenters. The Kier molecular flexibility index (Phi) is 1.58. The number of rotatable bonds is 0. The van der Waals surface area contributed by atoms with Crippen LogP contribution in [0.3, 0.4) is 0 Å². The summed E-state index contributed by atoms with van der Waals surface area (Å²) >= 11 is 0. The van der Waals surface area contributed by atoms with Gasteiger partial charge >= 0.3 is 0 Å². The van der Waals surface area contributed by atoms with Crippen LogP contribution in [0.2, 0.25) is 0 Å². The van der Waals surface area contributed by atoms with Crippen molar-refractivity contribution < 1.29 is 13.2 Å². The Bertz CT molecular complexity index is 473. The number of aromatic amines is 1. The number of nitrogens with one attached hydrogen (secondary N) is 1. The summed E-state index contributed by atoms with van der Waals surface area (Å²) in [6, 6.07) is 1.98. The van der Waals surface area contributed by atoms with Gasteiger partial charge in [0.2, 0.25) is 0 Å². The van der Waals surface area contributed by atoms with E-state index in [4.69, 9.17) is 0 Å². The molecule has 13 heavy (non-hydrogen) atoms. The van der Waals surface area contributed by atoms with Gasteiger partial charge in [-0.25, -0.2) is 13.2 Å². The van der Waals surface area contributed by atoms with Crippen molar-refractivity contribution in [2.45, 2.75) is 6.92 Å². The van der Waals surface area contributed by atoms with Gasteiger partial charge in [0.1, 0.15) is 5.82 Å². The van der Waals surface area contributed by atoms with E-state index < -0.39 is 17.5 Å². The molecule has 1 aromatic carbocycles. The zero-order valence-electron chi connectivity index (χ0n) is 6.79. The van der Waals surface area contributed by atoms with Crippen LogP contribution in [0.15, 0.2) is 12.1 Å². The van der Waals surface area contributed by atoms with E-state index in [1.807, 2.05) is 0 Å². The van der Waals surface area contributed by atoms with Crippen molar-refractivity contribution in [2.24, 2.45) is 0 Å². The van der Waals surface area contributed by atoms with Gasteiger partial charge in [-0.2, -0.15) is 0 Å². The first-order valence-electron chi connectivity index (χ1n) is 3.72. The van der Waals surface area contributed by atoms with Crippen molar-refractivity contribution in [3.8, 4) is 0 Å². The van der Waals surface area contributed by atoms with E-state index in [2.05, 4.69) is 4.98 Å². The second-order valence-corrected chi connectivity index (χ2v) is 2.90. The lowest BCUT2D eigenvalue weighted by Crippen LogP contribution is -1.88. The van der Waals surface area contributed by atoms with Gasteiger partial charge < -0.3 is 4.98 Å². The Morgan fingerprint density at radius 1 is 1.08 bits per heavy atom. The number of hydrogen-bond acceptors (Lipinski definition) is 0. The highest BCUT2D eigenvalue weighted by molar-refractivity contribution is 5.81. The van der Waals surface area contributed by atoms with Crippen molar-refractivity contribution in [3.05, 3.63) is 35.3 Å². The Hall–Kier alpha value is -1.45. The number of hydrogen-bond donors (Lipinski definition) is 1. The molecule has 4 heteroatoms. The van der Waals surface area contributed by atoms with Crippen molar-refractivity contribution >= 4 is 10.9 Å². The van der Waals surface area contributed by atoms with Crippen LogP contribution in [0, 0.1) is 24.4 Å². The van der Waals surface area contributed by atoms with E-state index in [1.165, 1.54) is 6.07 Å².